The van der Waals surface area contributed by atoms with Gasteiger partial charge in [0.15, 0.2) is 0 Å². The number of rotatable bonds is 2. The van der Waals surface area contributed by atoms with E-state index in [9.17, 15) is 14.0 Å². The van der Waals surface area contributed by atoms with Gasteiger partial charge in [0.1, 0.15) is 5.67 Å². The maximum absolute atomic E-state index is 13.2. The van der Waals surface area contributed by atoms with Crippen LogP contribution in [0.25, 0.3) is 0 Å². The van der Waals surface area contributed by atoms with Crippen LogP contribution in [0.15, 0.2) is 0 Å². The molecule has 0 aromatic carbocycles. The number of carboxylic acids is 1. The smallest absolute Gasteiger partial charge is 0.317 e. The van der Waals surface area contributed by atoms with Crippen molar-refractivity contribution in [3.8, 4) is 0 Å². The fourth-order valence-electron chi connectivity index (χ4n) is 2.48. The van der Waals surface area contributed by atoms with Gasteiger partial charge in [0.05, 0.1) is 5.92 Å². The second kappa shape index (κ2) is 4.16. The first kappa shape index (κ1) is 12.1. The lowest BCUT2D eigenvalue weighted by molar-refractivity contribution is -0.141. The summed E-state index contributed by atoms with van der Waals surface area (Å²) < 4.78 is 13.2. The molecule has 5 nitrogen and oxygen atoms in total. The van der Waals surface area contributed by atoms with E-state index in [1.807, 2.05) is 0 Å². The van der Waals surface area contributed by atoms with E-state index in [4.69, 9.17) is 5.11 Å². The molecule has 1 heterocycles. The predicted molar refractivity (Wildman–Crippen MR) is 58.4 cm³/mol. The van der Waals surface area contributed by atoms with Gasteiger partial charge in [-0.15, -0.1) is 0 Å². The normalized spacial score (nSPS) is 36.5. The number of nitrogens with zero attached hydrogens (tertiary/aromatic N) is 1. The van der Waals surface area contributed by atoms with Crippen molar-refractivity contribution in [1.29, 1.82) is 0 Å². The van der Waals surface area contributed by atoms with E-state index in [1.54, 1.807) is 0 Å². The first-order chi connectivity index (χ1) is 7.87. The van der Waals surface area contributed by atoms with Crippen LogP contribution in [-0.4, -0.2) is 46.8 Å². The molecule has 0 radical (unpaired) electrons. The molecule has 17 heavy (non-hydrogen) atoms. The SMILES string of the molecule is CC1(F)CC(NC(=O)N2CCC(C(=O)O)C2)C1. The Morgan fingerprint density at radius 3 is 2.59 bits per heavy atom. The highest BCUT2D eigenvalue weighted by atomic mass is 19.1. The number of carbonyl (C=O) groups excluding carboxylic acids is 1. The molecule has 1 aliphatic heterocycles. The third kappa shape index (κ3) is 2.68. The number of amides is 2. The Labute approximate surface area is 99.0 Å². The molecule has 6 heteroatoms. The summed E-state index contributed by atoms with van der Waals surface area (Å²) in [5, 5.41) is 11.5. The van der Waals surface area contributed by atoms with Crippen LogP contribution in [0.4, 0.5) is 9.18 Å². The maximum Gasteiger partial charge on any atom is 0.317 e. The molecule has 96 valence electrons. The van der Waals surface area contributed by atoms with E-state index in [0.29, 0.717) is 25.8 Å². The van der Waals surface area contributed by atoms with Crippen LogP contribution in [0, 0.1) is 5.92 Å². The number of halogens is 1. The van der Waals surface area contributed by atoms with Crippen molar-refractivity contribution in [1.82, 2.24) is 10.2 Å². The van der Waals surface area contributed by atoms with Gasteiger partial charge in [0.25, 0.3) is 0 Å². The zero-order valence-electron chi connectivity index (χ0n) is 9.78. The second-order valence-corrected chi connectivity index (χ2v) is 5.24. The lowest BCUT2D eigenvalue weighted by atomic mass is 9.79. The molecule has 2 N–H and O–H groups in total. The number of nitrogens with one attached hydrogen (secondary N) is 1. The van der Waals surface area contributed by atoms with E-state index >= 15 is 0 Å². The molecule has 1 saturated carbocycles. The molecule has 2 amide bonds. The van der Waals surface area contributed by atoms with Crippen molar-refractivity contribution in [2.24, 2.45) is 5.92 Å². The Balaban J connectivity index is 1.77. The van der Waals surface area contributed by atoms with Crippen molar-refractivity contribution < 1.29 is 19.1 Å². The number of hydrogen-bond donors (Lipinski definition) is 2. The molecule has 2 fully saturated rings. The van der Waals surface area contributed by atoms with Crippen LogP contribution in [0.3, 0.4) is 0 Å². The van der Waals surface area contributed by atoms with Crippen LogP contribution < -0.4 is 5.32 Å². The second-order valence-electron chi connectivity index (χ2n) is 5.24. The van der Waals surface area contributed by atoms with Gasteiger partial charge in [-0.25, -0.2) is 9.18 Å². The lowest BCUT2D eigenvalue weighted by Crippen LogP contribution is -2.54. The number of urea groups is 1. The largest absolute Gasteiger partial charge is 0.481 e. The molecule has 2 aliphatic rings. The van der Waals surface area contributed by atoms with Gasteiger partial charge in [-0.1, -0.05) is 0 Å². The minimum absolute atomic E-state index is 0.110. The van der Waals surface area contributed by atoms with Crippen molar-refractivity contribution >= 4 is 12.0 Å². The van der Waals surface area contributed by atoms with Gasteiger partial charge < -0.3 is 15.3 Å². The van der Waals surface area contributed by atoms with Crippen LogP contribution in [0.2, 0.25) is 0 Å². The maximum atomic E-state index is 13.2. The summed E-state index contributed by atoms with van der Waals surface area (Å²) in [6.07, 6.45) is 1.18. The zero-order chi connectivity index (χ0) is 12.6. The molecule has 1 unspecified atom stereocenters. The Bertz CT molecular complexity index is 338. The number of likely N-dealkylation sites (tertiary alicyclic amines) is 1. The fourth-order valence-corrected chi connectivity index (χ4v) is 2.48. The molecule has 1 aliphatic carbocycles. The quantitative estimate of drug-likeness (QED) is 0.761. The predicted octanol–water partition coefficient (Wildman–Crippen LogP) is 0.993. The third-order valence-electron chi connectivity index (χ3n) is 3.50. The van der Waals surface area contributed by atoms with Gasteiger partial charge in [-0.05, 0) is 13.3 Å². The summed E-state index contributed by atoms with van der Waals surface area (Å²) >= 11 is 0. The van der Waals surface area contributed by atoms with Crippen LogP contribution in [0.1, 0.15) is 26.2 Å². The van der Waals surface area contributed by atoms with Crippen LogP contribution in [-0.2, 0) is 4.79 Å². The van der Waals surface area contributed by atoms with Crippen LogP contribution in [0.5, 0.6) is 0 Å². The molecule has 0 aromatic heterocycles. The van der Waals surface area contributed by atoms with Crippen molar-refractivity contribution in [2.75, 3.05) is 13.1 Å². The fraction of sp³-hybridized carbons (Fsp3) is 0.818. The van der Waals surface area contributed by atoms with Crippen molar-refractivity contribution in [2.45, 2.75) is 37.9 Å². The topological polar surface area (TPSA) is 69.6 Å². The highest BCUT2D eigenvalue weighted by Crippen LogP contribution is 2.35. The summed E-state index contributed by atoms with van der Waals surface area (Å²) in [5.74, 6) is -1.33. The standard InChI is InChI=1S/C11H17FN2O3/c1-11(12)4-8(5-11)13-10(17)14-3-2-7(6-14)9(15)16/h7-8H,2-6H2,1H3,(H,13,17)(H,15,16). The highest BCUT2D eigenvalue weighted by Gasteiger charge is 2.42. The Morgan fingerprint density at radius 1 is 1.47 bits per heavy atom. The number of carbonyl (C=O) groups is 2. The van der Waals surface area contributed by atoms with Gasteiger partial charge in [-0.3, -0.25) is 4.79 Å². The minimum atomic E-state index is -1.16. The summed E-state index contributed by atoms with van der Waals surface area (Å²) in [6, 6.07) is -0.379. The first-order valence-corrected chi connectivity index (χ1v) is 5.84. The van der Waals surface area contributed by atoms with Crippen molar-refractivity contribution in [3.63, 3.8) is 0 Å². The molecular weight excluding hydrogens is 227 g/mol. The minimum Gasteiger partial charge on any atom is -0.481 e. The number of aliphatic carboxylic acids is 1. The molecule has 0 bridgehead atoms. The van der Waals surface area contributed by atoms with E-state index in [-0.39, 0.29) is 18.6 Å². The molecule has 0 spiro atoms. The van der Waals surface area contributed by atoms with Gasteiger partial charge in [0.2, 0.25) is 0 Å². The average Bonchev–Trinajstić information content (AvgIpc) is 2.63. The van der Waals surface area contributed by atoms with Gasteiger partial charge >= 0.3 is 12.0 Å². The molecule has 1 saturated heterocycles. The molecule has 2 rings (SSSR count). The number of hydrogen-bond acceptors (Lipinski definition) is 2. The van der Waals surface area contributed by atoms with Crippen LogP contribution >= 0.6 is 0 Å². The molecule has 1 atom stereocenters. The summed E-state index contributed by atoms with van der Waals surface area (Å²) in [7, 11) is 0. The first-order valence-electron chi connectivity index (χ1n) is 5.84. The zero-order valence-corrected chi connectivity index (χ0v) is 9.78. The Hall–Kier alpha value is -1.33. The van der Waals surface area contributed by atoms with E-state index in [2.05, 4.69) is 5.32 Å². The third-order valence-corrected chi connectivity index (χ3v) is 3.50. The number of carboxylic acid groups (broad SMARTS) is 1. The average molecular weight is 244 g/mol. The van der Waals surface area contributed by atoms with Gasteiger partial charge in [-0.2, -0.15) is 0 Å². The highest BCUT2D eigenvalue weighted by molar-refractivity contribution is 5.77. The van der Waals surface area contributed by atoms with E-state index in [0.717, 1.165) is 0 Å². The summed E-state index contributed by atoms with van der Waals surface area (Å²) in [5.41, 5.74) is -1.16. The summed E-state index contributed by atoms with van der Waals surface area (Å²) in [4.78, 5) is 24.0. The van der Waals surface area contributed by atoms with E-state index < -0.39 is 17.6 Å². The summed E-state index contributed by atoms with van der Waals surface area (Å²) in [6.45, 7) is 2.23. The Morgan fingerprint density at radius 2 is 2.12 bits per heavy atom. The van der Waals surface area contributed by atoms with Gasteiger partial charge in [0, 0.05) is 32.0 Å². The molecular formula is C11H17FN2O3. The molecule has 0 aromatic rings. The Kier molecular flexibility index (Phi) is 2.97. The van der Waals surface area contributed by atoms with E-state index in [1.165, 1.54) is 11.8 Å². The monoisotopic (exact) mass is 244 g/mol. The lowest BCUT2D eigenvalue weighted by Gasteiger charge is -2.39. The number of alkyl halides is 1. The van der Waals surface area contributed by atoms with Crippen molar-refractivity contribution in [3.05, 3.63) is 0 Å².